The molecule has 1 unspecified atom stereocenters. The second-order valence-corrected chi connectivity index (χ2v) is 10.2. The Hall–Kier alpha value is -0.920. The summed E-state index contributed by atoms with van der Waals surface area (Å²) in [7, 11) is 0. The molecule has 8 heteroatoms. The van der Waals surface area contributed by atoms with Crippen molar-refractivity contribution in [3.05, 3.63) is 27.7 Å². The maximum absolute atomic E-state index is 12.5. The van der Waals surface area contributed by atoms with Gasteiger partial charge in [-0.15, -0.1) is 11.8 Å². The Morgan fingerprint density at radius 1 is 1.33 bits per heavy atom. The Kier molecular flexibility index (Phi) is 7.89. The molecule has 1 aromatic rings. The van der Waals surface area contributed by atoms with Crippen LogP contribution in [0.3, 0.4) is 0 Å². The Bertz CT molecular complexity index is 688. The minimum absolute atomic E-state index is 0.0215. The zero-order chi connectivity index (χ0) is 20.2. The number of hydrogen-bond acceptors (Lipinski definition) is 4. The van der Waals surface area contributed by atoms with Gasteiger partial charge < -0.3 is 15.0 Å². The van der Waals surface area contributed by atoms with E-state index in [0.29, 0.717) is 18.1 Å². The van der Waals surface area contributed by atoms with Crippen molar-refractivity contribution in [2.75, 3.05) is 13.1 Å². The van der Waals surface area contributed by atoms with Crippen molar-refractivity contribution < 1.29 is 14.3 Å². The molecule has 1 aliphatic rings. The molecule has 1 atom stereocenters. The van der Waals surface area contributed by atoms with Crippen molar-refractivity contribution in [2.24, 2.45) is 0 Å². The summed E-state index contributed by atoms with van der Waals surface area (Å²) in [6.45, 7) is 8.60. The van der Waals surface area contributed by atoms with Crippen LogP contribution in [0.2, 0.25) is 5.02 Å². The van der Waals surface area contributed by atoms with Gasteiger partial charge in [0.05, 0.1) is 10.3 Å². The fraction of sp³-hybridized carbons (Fsp3) is 0.579. The lowest BCUT2D eigenvalue weighted by atomic mass is 10.1. The molecule has 5 nitrogen and oxygen atoms in total. The van der Waals surface area contributed by atoms with Crippen LogP contribution in [-0.2, 0) is 9.53 Å². The third kappa shape index (κ3) is 6.88. The van der Waals surface area contributed by atoms with E-state index in [4.69, 9.17) is 16.3 Å². The third-order valence-corrected chi connectivity index (χ3v) is 6.65. The van der Waals surface area contributed by atoms with E-state index < -0.39 is 5.60 Å². The largest absolute Gasteiger partial charge is 0.444 e. The highest BCUT2D eigenvalue weighted by molar-refractivity contribution is 9.10. The van der Waals surface area contributed by atoms with Crippen molar-refractivity contribution in [3.8, 4) is 0 Å². The number of amides is 2. The van der Waals surface area contributed by atoms with Crippen molar-refractivity contribution in [2.45, 2.75) is 62.3 Å². The molecule has 1 fully saturated rings. The second kappa shape index (κ2) is 9.52. The van der Waals surface area contributed by atoms with Crippen LogP contribution >= 0.6 is 39.3 Å². The number of rotatable bonds is 4. The van der Waals surface area contributed by atoms with E-state index in [-0.39, 0.29) is 23.3 Å². The molecule has 1 aliphatic heterocycles. The summed E-state index contributed by atoms with van der Waals surface area (Å²) in [4.78, 5) is 27.2. The number of thioether (sulfide) groups is 1. The van der Waals surface area contributed by atoms with E-state index in [0.717, 1.165) is 22.2 Å². The Labute approximate surface area is 178 Å². The molecular weight excluding hydrogens is 452 g/mol. The number of halogens is 2. The molecule has 2 rings (SSSR count). The smallest absolute Gasteiger partial charge is 0.410 e. The Morgan fingerprint density at radius 3 is 2.56 bits per heavy atom. The number of hydrogen-bond donors (Lipinski definition) is 1. The van der Waals surface area contributed by atoms with E-state index in [2.05, 4.69) is 21.2 Å². The molecule has 0 radical (unpaired) electrons. The molecule has 0 aliphatic carbocycles. The lowest BCUT2D eigenvalue weighted by Crippen LogP contribution is -2.49. The number of piperidine rings is 1. The molecule has 2 amide bonds. The standard InChI is InChI=1S/C19H26BrClN2O3S/c1-12(27-15-7-5-6-14(20)16(15)21)17(24)22-13-8-10-23(11-9-13)18(25)26-19(2,3)4/h5-7,12-13H,8-11H2,1-4H3,(H,22,24). The van der Waals surface area contributed by atoms with E-state index in [1.807, 2.05) is 45.9 Å². The van der Waals surface area contributed by atoms with Gasteiger partial charge in [0.1, 0.15) is 5.60 Å². The van der Waals surface area contributed by atoms with Crippen LogP contribution < -0.4 is 5.32 Å². The van der Waals surface area contributed by atoms with Crippen LogP contribution in [0, 0.1) is 0 Å². The van der Waals surface area contributed by atoms with E-state index in [1.165, 1.54) is 11.8 Å². The van der Waals surface area contributed by atoms with Crippen molar-refractivity contribution in [1.82, 2.24) is 10.2 Å². The monoisotopic (exact) mass is 476 g/mol. The summed E-state index contributed by atoms with van der Waals surface area (Å²) >= 11 is 11.1. The van der Waals surface area contributed by atoms with Crippen LogP contribution in [0.1, 0.15) is 40.5 Å². The summed E-state index contributed by atoms with van der Waals surface area (Å²) in [5.74, 6) is -0.0215. The zero-order valence-electron chi connectivity index (χ0n) is 16.1. The second-order valence-electron chi connectivity index (χ2n) is 7.56. The number of nitrogens with zero attached hydrogens (tertiary/aromatic N) is 1. The predicted octanol–water partition coefficient (Wildman–Crippen LogP) is 5.10. The fourth-order valence-corrected chi connectivity index (χ4v) is 4.35. The lowest BCUT2D eigenvalue weighted by Gasteiger charge is -2.34. The molecule has 0 aromatic heterocycles. The van der Waals surface area contributed by atoms with E-state index >= 15 is 0 Å². The number of benzene rings is 1. The van der Waals surface area contributed by atoms with E-state index in [9.17, 15) is 9.59 Å². The van der Waals surface area contributed by atoms with Gasteiger partial charge in [-0.1, -0.05) is 17.7 Å². The minimum Gasteiger partial charge on any atom is -0.444 e. The van der Waals surface area contributed by atoms with Crippen LogP contribution in [0.4, 0.5) is 4.79 Å². The summed E-state index contributed by atoms with van der Waals surface area (Å²) in [6.07, 6.45) is 1.15. The summed E-state index contributed by atoms with van der Waals surface area (Å²) in [5.41, 5.74) is -0.498. The molecular formula is C19H26BrClN2O3S. The summed E-state index contributed by atoms with van der Waals surface area (Å²) in [5, 5.41) is 3.44. The molecule has 0 bridgehead atoms. The van der Waals surface area contributed by atoms with Crippen LogP contribution in [0.15, 0.2) is 27.6 Å². The van der Waals surface area contributed by atoms with E-state index in [1.54, 1.807) is 4.90 Å². The van der Waals surface area contributed by atoms with Gasteiger partial charge in [0.15, 0.2) is 0 Å². The molecule has 1 saturated heterocycles. The molecule has 27 heavy (non-hydrogen) atoms. The Balaban J connectivity index is 1.81. The Morgan fingerprint density at radius 2 is 1.96 bits per heavy atom. The molecule has 0 saturated carbocycles. The van der Waals surface area contributed by atoms with Crippen LogP contribution in [0.25, 0.3) is 0 Å². The first kappa shape index (κ1) is 22.4. The highest BCUT2D eigenvalue weighted by Gasteiger charge is 2.28. The number of ether oxygens (including phenoxy) is 1. The average molecular weight is 478 g/mol. The quantitative estimate of drug-likeness (QED) is 0.613. The molecule has 1 heterocycles. The number of carbonyl (C=O) groups excluding carboxylic acids is 2. The maximum atomic E-state index is 12.5. The first-order valence-corrected chi connectivity index (χ1v) is 11.0. The molecule has 150 valence electrons. The topological polar surface area (TPSA) is 58.6 Å². The van der Waals surface area contributed by atoms with Crippen molar-refractivity contribution in [1.29, 1.82) is 0 Å². The van der Waals surface area contributed by atoms with Gasteiger partial charge in [-0.25, -0.2) is 4.79 Å². The first-order chi connectivity index (χ1) is 12.6. The number of carbonyl (C=O) groups is 2. The molecule has 1 N–H and O–H groups in total. The molecule has 1 aromatic carbocycles. The predicted molar refractivity (Wildman–Crippen MR) is 113 cm³/mol. The van der Waals surface area contributed by atoms with Crippen LogP contribution in [-0.4, -0.2) is 46.9 Å². The zero-order valence-corrected chi connectivity index (χ0v) is 19.2. The highest BCUT2D eigenvalue weighted by atomic mass is 79.9. The van der Waals surface area contributed by atoms with Gasteiger partial charge in [0.25, 0.3) is 0 Å². The maximum Gasteiger partial charge on any atom is 0.410 e. The van der Waals surface area contributed by atoms with Crippen molar-refractivity contribution in [3.63, 3.8) is 0 Å². The number of likely N-dealkylation sites (tertiary alicyclic amines) is 1. The lowest BCUT2D eigenvalue weighted by molar-refractivity contribution is -0.121. The number of nitrogens with one attached hydrogen (secondary N) is 1. The van der Waals surface area contributed by atoms with Gasteiger partial charge in [-0.05, 0) is 68.6 Å². The van der Waals surface area contributed by atoms with Crippen LogP contribution in [0.5, 0.6) is 0 Å². The van der Waals surface area contributed by atoms with Gasteiger partial charge >= 0.3 is 6.09 Å². The first-order valence-electron chi connectivity index (χ1n) is 8.96. The fourth-order valence-electron chi connectivity index (χ4n) is 2.67. The van der Waals surface area contributed by atoms with Crippen molar-refractivity contribution >= 4 is 51.3 Å². The van der Waals surface area contributed by atoms with Gasteiger partial charge in [-0.3, -0.25) is 4.79 Å². The summed E-state index contributed by atoms with van der Waals surface area (Å²) < 4.78 is 6.21. The average Bonchev–Trinajstić information content (AvgIpc) is 2.58. The van der Waals surface area contributed by atoms with Gasteiger partial charge in [0.2, 0.25) is 5.91 Å². The van der Waals surface area contributed by atoms with Gasteiger partial charge in [-0.2, -0.15) is 0 Å². The molecule has 0 spiro atoms. The SMILES string of the molecule is CC(Sc1cccc(Br)c1Cl)C(=O)NC1CCN(C(=O)OC(C)(C)C)CC1. The van der Waals surface area contributed by atoms with Gasteiger partial charge in [0, 0.05) is 28.5 Å². The third-order valence-electron chi connectivity index (χ3n) is 4.08. The highest BCUT2D eigenvalue weighted by Crippen LogP contribution is 2.35. The summed E-state index contributed by atoms with van der Waals surface area (Å²) in [6, 6.07) is 5.74. The normalized spacial score (nSPS) is 16.7. The minimum atomic E-state index is -0.498.